The van der Waals surface area contributed by atoms with Crippen molar-refractivity contribution >= 4 is 11.8 Å². The molecule has 2 aliphatic carbocycles. The van der Waals surface area contributed by atoms with Crippen molar-refractivity contribution in [3.63, 3.8) is 0 Å². The molecule has 2 saturated carbocycles. The molecule has 23 heavy (non-hydrogen) atoms. The van der Waals surface area contributed by atoms with Gasteiger partial charge < -0.3 is 14.8 Å². The SMILES string of the molecule is O=C(NCc1cnc2n1CCN(C(=O)C1CC1)CC2)C1CCC1. The monoisotopic (exact) mass is 316 g/mol. The Balaban J connectivity index is 1.37. The summed E-state index contributed by atoms with van der Waals surface area (Å²) in [6, 6.07) is 0. The van der Waals surface area contributed by atoms with Crippen molar-refractivity contribution < 1.29 is 9.59 Å². The van der Waals surface area contributed by atoms with E-state index in [0.29, 0.717) is 12.5 Å². The molecule has 6 nitrogen and oxygen atoms in total. The molecule has 0 unspecified atom stereocenters. The Kier molecular flexibility index (Phi) is 3.83. The molecule has 2 amide bonds. The molecule has 6 heteroatoms. The van der Waals surface area contributed by atoms with E-state index in [2.05, 4.69) is 14.9 Å². The summed E-state index contributed by atoms with van der Waals surface area (Å²) in [5.41, 5.74) is 1.05. The largest absolute Gasteiger partial charge is 0.350 e. The number of hydrogen-bond acceptors (Lipinski definition) is 3. The van der Waals surface area contributed by atoms with E-state index in [0.717, 1.165) is 63.3 Å². The second-order valence-electron chi connectivity index (χ2n) is 7.01. The van der Waals surface area contributed by atoms with Crippen molar-refractivity contribution in [1.29, 1.82) is 0 Å². The molecule has 0 spiro atoms. The van der Waals surface area contributed by atoms with Gasteiger partial charge in [-0.15, -0.1) is 0 Å². The highest BCUT2D eigenvalue weighted by atomic mass is 16.2. The second-order valence-corrected chi connectivity index (χ2v) is 7.01. The lowest BCUT2D eigenvalue weighted by Crippen LogP contribution is -2.35. The fourth-order valence-corrected chi connectivity index (χ4v) is 3.44. The van der Waals surface area contributed by atoms with Crippen molar-refractivity contribution in [3.8, 4) is 0 Å². The Morgan fingerprint density at radius 3 is 2.65 bits per heavy atom. The summed E-state index contributed by atoms with van der Waals surface area (Å²) >= 11 is 0. The third-order valence-electron chi connectivity index (χ3n) is 5.38. The normalized spacial score (nSPS) is 21.3. The third kappa shape index (κ3) is 2.99. The van der Waals surface area contributed by atoms with Gasteiger partial charge in [0.1, 0.15) is 5.82 Å². The van der Waals surface area contributed by atoms with Crippen LogP contribution in [0.25, 0.3) is 0 Å². The molecule has 2 fully saturated rings. The molecule has 124 valence electrons. The number of amides is 2. The van der Waals surface area contributed by atoms with Gasteiger partial charge in [-0.3, -0.25) is 9.59 Å². The number of rotatable bonds is 4. The van der Waals surface area contributed by atoms with Crippen LogP contribution in [0.4, 0.5) is 0 Å². The number of carbonyl (C=O) groups excluding carboxylic acids is 2. The average molecular weight is 316 g/mol. The first kappa shape index (κ1) is 14.7. The standard InChI is InChI=1S/C17H24N4O2/c22-16(12-2-1-3-12)19-11-14-10-18-15-6-7-20(8-9-21(14)15)17(23)13-4-5-13/h10,12-13H,1-9,11H2,(H,19,22). The maximum absolute atomic E-state index is 12.2. The molecule has 0 atom stereocenters. The van der Waals surface area contributed by atoms with Crippen LogP contribution in [-0.4, -0.2) is 39.4 Å². The highest BCUT2D eigenvalue weighted by molar-refractivity contribution is 5.81. The van der Waals surface area contributed by atoms with Gasteiger partial charge in [0, 0.05) is 37.9 Å². The summed E-state index contributed by atoms with van der Waals surface area (Å²) in [5, 5.41) is 3.04. The molecule has 2 heterocycles. The van der Waals surface area contributed by atoms with E-state index in [1.165, 1.54) is 6.42 Å². The van der Waals surface area contributed by atoms with Crippen molar-refractivity contribution in [3.05, 3.63) is 17.7 Å². The van der Waals surface area contributed by atoms with Gasteiger partial charge in [-0.25, -0.2) is 4.98 Å². The Hall–Kier alpha value is -1.85. The fourth-order valence-electron chi connectivity index (χ4n) is 3.44. The number of nitrogens with zero attached hydrogens (tertiary/aromatic N) is 3. The average Bonchev–Trinajstić information content (AvgIpc) is 3.29. The van der Waals surface area contributed by atoms with Gasteiger partial charge >= 0.3 is 0 Å². The van der Waals surface area contributed by atoms with E-state index in [1.54, 1.807) is 0 Å². The Morgan fingerprint density at radius 1 is 1.13 bits per heavy atom. The van der Waals surface area contributed by atoms with Gasteiger partial charge in [0.25, 0.3) is 0 Å². The zero-order chi connectivity index (χ0) is 15.8. The fraction of sp³-hybridized carbons (Fsp3) is 0.706. The smallest absolute Gasteiger partial charge is 0.225 e. The maximum atomic E-state index is 12.2. The molecule has 1 aromatic rings. The van der Waals surface area contributed by atoms with Crippen LogP contribution in [0, 0.1) is 11.8 Å². The minimum absolute atomic E-state index is 0.172. The number of aromatic nitrogens is 2. The minimum Gasteiger partial charge on any atom is -0.350 e. The predicted molar refractivity (Wildman–Crippen MR) is 84.4 cm³/mol. The summed E-state index contributed by atoms with van der Waals surface area (Å²) in [6.07, 6.45) is 7.99. The zero-order valence-corrected chi connectivity index (χ0v) is 13.5. The summed E-state index contributed by atoms with van der Waals surface area (Å²) in [6.45, 7) is 2.84. The number of imidazole rings is 1. The van der Waals surface area contributed by atoms with E-state index in [9.17, 15) is 9.59 Å². The Bertz CT molecular complexity index is 616. The van der Waals surface area contributed by atoms with Gasteiger partial charge in [0.15, 0.2) is 0 Å². The highest BCUT2D eigenvalue weighted by Crippen LogP contribution is 2.31. The van der Waals surface area contributed by atoms with Crippen LogP contribution in [0.1, 0.15) is 43.6 Å². The number of carbonyl (C=O) groups is 2. The lowest BCUT2D eigenvalue weighted by molar-refractivity contribution is -0.132. The van der Waals surface area contributed by atoms with Crippen LogP contribution in [0.5, 0.6) is 0 Å². The predicted octanol–water partition coefficient (Wildman–Crippen LogP) is 1.09. The van der Waals surface area contributed by atoms with Gasteiger partial charge in [0.05, 0.1) is 18.4 Å². The van der Waals surface area contributed by atoms with Crippen LogP contribution in [0.3, 0.4) is 0 Å². The molecule has 0 bridgehead atoms. The van der Waals surface area contributed by atoms with Crippen LogP contribution in [0.15, 0.2) is 6.20 Å². The van der Waals surface area contributed by atoms with E-state index >= 15 is 0 Å². The number of hydrogen-bond donors (Lipinski definition) is 1. The van der Waals surface area contributed by atoms with E-state index in [-0.39, 0.29) is 17.7 Å². The summed E-state index contributed by atoms with van der Waals surface area (Å²) in [5.74, 6) is 2.01. The van der Waals surface area contributed by atoms with Gasteiger partial charge in [0.2, 0.25) is 11.8 Å². The van der Waals surface area contributed by atoms with E-state index in [4.69, 9.17) is 0 Å². The lowest BCUT2D eigenvalue weighted by atomic mass is 9.85. The van der Waals surface area contributed by atoms with Crippen LogP contribution < -0.4 is 5.32 Å². The van der Waals surface area contributed by atoms with Gasteiger partial charge in [-0.2, -0.15) is 0 Å². The quantitative estimate of drug-likeness (QED) is 0.904. The van der Waals surface area contributed by atoms with Crippen LogP contribution in [-0.2, 0) is 29.1 Å². The van der Waals surface area contributed by atoms with E-state index in [1.807, 2.05) is 11.1 Å². The molecule has 0 saturated heterocycles. The van der Waals surface area contributed by atoms with Gasteiger partial charge in [-0.05, 0) is 25.7 Å². The summed E-state index contributed by atoms with van der Waals surface area (Å²) in [4.78, 5) is 30.7. The van der Waals surface area contributed by atoms with E-state index < -0.39 is 0 Å². The molecular weight excluding hydrogens is 292 g/mol. The zero-order valence-electron chi connectivity index (χ0n) is 13.5. The molecule has 1 N–H and O–H groups in total. The third-order valence-corrected chi connectivity index (χ3v) is 5.38. The first-order valence-corrected chi connectivity index (χ1v) is 8.82. The molecule has 1 aromatic heterocycles. The maximum Gasteiger partial charge on any atom is 0.225 e. The molecule has 4 rings (SSSR count). The lowest BCUT2D eigenvalue weighted by Gasteiger charge is -2.24. The number of fused-ring (bicyclic) bond motifs is 1. The Morgan fingerprint density at radius 2 is 1.96 bits per heavy atom. The topological polar surface area (TPSA) is 67.2 Å². The van der Waals surface area contributed by atoms with Crippen LogP contribution >= 0.6 is 0 Å². The molecule has 0 aromatic carbocycles. The molecular formula is C17H24N4O2. The highest BCUT2D eigenvalue weighted by Gasteiger charge is 2.34. The van der Waals surface area contributed by atoms with Gasteiger partial charge in [-0.1, -0.05) is 6.42 Å². The minimum atomic E-state index is 0.172. The Labute approximate surface area is 136 Å². The molecule has 0 radical (unpaired) electrons. The summed E-state index contributed by atoms with van der Waals surface area (Å²) in [7, 11) is 0. The first-order valence-electron chi connectivity index (χ1n) is 8.82. The summed E-state index contributed by atoms with van der Waals surface area (Å²) < 4.78 is 2.18. The first-order chi connectivity index (χ1) is 11.2. The van der Waals surface area contributed by atoms with Crippen molar-refractivity contribution in [2.24, 2.45) is 11.8 Å². The van der Waals surface area contributed by atoms with Crippen molar-refractivity contribution in [2.45, 2.75) is 51.6 Å². The van der Waals surface area contributed by atoms with Crippen molar-refractivity contribution in [1.82, 2.24) is 19.8 Å². The van der Waals surface area contributed by atoms with Crippen LogP contribution in [0.2, 0.25) is 0 Å². The molecule has 1 aliphatic heterocycles. The number of nitrogens with one attached hydrogen (secondary N) is 1. The molecule has 3 aliphatic rings. The second kappa shape index (κ2) is 5.98. The van der Waals surface area contributed by atoms with Crippen molar-refractivity contribution in [2.75, 3.05) is 13.1 Å².